The molecule has 25 heavy (non-hydrogen) atoms. The highest BCUT2D eigenvalue weighted by atomic mass is 35.5. The Labute approximate surface area is 154 Å². The van der Waals surface area contributed by atoms with Gasteiger partial charge in [0.05, 0.1) is 16.4 Å². The van der Waals surface area contributed by atoms with Crippen LogP contribution in [-0.4, -0.2) is 25.9 Å². The molecule has 130 valence electrons. The fraction of sp³-hybridized carbons (Fsp3) is 0.294. The van der Waals surface area contributed by atoms with Crippen molar-refractivity contribution in [3.63, 3.8) is 0 Å². The van der Waals surface area contributed by atoms with Crippen LogP contribution in [0.25, 0.3) is 0 Å². The van der Waals surface area contributed by atoms with Crippen molar-refractivity contribution in [2.75, 3.05) is 5.32 Å². The quantitative estimate of drug-likeness (QED) is 0.716. The molecule has 0 fully saturated rings. The summed E-state index contributed by atoms with van der Waals surface area (Å²) in [5.74, 6) is -0.201. The molecule has 0 radical (unpaired) electrons. The predicted molar refractivity (Wildman–Crippen MR) is 99.1 cm³/mol. The van der Waals surface area contributed by atoms with Gasteiger partial charge >= 0.3 is 0 Å². The van der Waals surface area contributed by atoms with E-state index in [0.29, 0.717) is 15.8 Å². The molecule has 3 aromatic rings. The van der Waals surface area contributed by atoms with Crippen LogP contribution in [0.3, 0.4) is 0 Å². The molecule has 0 saturated carbocycles. The summed E-state index contributed by atoms with van der Waals surface area (Å²) in [7, 11) is 0. The molecule has 1 aromatic carbocycles. The van der Waals surface area contributed by atoms with Crippen LogP contribution in [0.15, 0.2) is 30.3 Å². The van der Waals surface area contributed by atoms with Crippen LogP contribution < -0.4 is 5.32 Å². The molecule has 0 aliphatic rings. The van der Waals surface area contributed by atoms with Crippen molar-refractivity contribution in [3.8, 4) is 0 Å². The molecule has 3 rings (SSSR count). The van der Waals surface area contributed by atoms with Crippen LogP contribution >= 0.6 is 22.9 Å². The lowest BCUT2D eigenvalue weighted by Gasteiger charge is -2.03. The lowest BCUT2D eigenvalue weighted by atomic mass is 10.1. The second-order valence-electron chi connectivity index (χ2n) is 5.68. The number of nitrogens with one attached hydrogen (secondary N) is 1. The van der Waals surface area contributed by atoms with E-state index in [2.05, 4.69) is 32.7 Å². The molecule has 0 spiro atoms. The number of hydrogen-bond acceptors (Lipinski definition) is 5. The second-order valence-corrected chi connectivity index (χ2v) is 7.12. The number of halogens is 1. The minimum atomic E-state index is -0.201. The first-order chi connectivity index (χ1) is 12.0. The first-order valence-corrected chi connectivity index (χ1v) is 9.08. The monoisotopic (exact) mass is 375 g/mol. The summed E-state index contributed by atoms with van der Waals surface area (Å²) in [6.07, 6.45) is 1.69. The Morgan fingerprint density at radius 1 is 1.20 bits per heavy atom. The number of aryl methyl sites for hydroxylation is 3. The molecule has 6 nitrogen and oxygen atoms in total. The summed E-state index contributed by atoms with van der Waals surface area (Å²) in [4.78, 5) is 12.2. The van der Waals surface area contributed by atoms with Crippen LogP contribution in [0.4, 0.5) is 5.13 Å². The average Bonchev–Trinajstić information content (AvgIpc) is 3.14. The second kappa shape index (κ2) is 7.76. The Bertz CT molecular complexity index is 875. The zero-order valence-electron chi connectivity index (χ0n) is 14.0. The van der Waals surface area contributed by atoms with Gasteiger partial charge in [0, 0.05) is 6.42 Å². The van der Waals surface area contributed by atoms with E-state index >= 15 is 0 Å². The van der Waals surface area contributed by atoms with Gasteiger partial charge in [0.25, 0.3) is 0 Å². The van der Waals surface area contributed by atoms with E-state index < -0.39 is 0 Å². The predicted octanol–water partition coefficient (Wildman–Crippen LogP) is 3.43. The van der Waals surface area contributed by atoms with Crippen molar-refractivity contribution in [3.05, 3.63) is 57.3 Å². The third-order valence-electron chi connectivity index (χ3n) is 3.77. The molecule has 0 aliphatic heterocycles. The first kappa shape index (κ1) is 17.6. The minimum Gasteiger partial charge on any atom is -0.299 e. The smallest absolute Gasteiger partial charge is 0.247 e. The number of anilines is 1. The number of carbonyl (C=O) groups excluding carboxylic acids is 1. The van der Waals surface area contributed by atoms with Gasteiger partial charge in [-0.25, -0.2) is 0 Å². The van der Waals surface area contributed by atoms with Crippen molar-refractivity contribution in [2.24, 2.45) is 0 Å². The van der Waals surface area contributed by atoms with Gasteiger partial charge in [-0.3, -0.25) is 14.8 Å². The molecular weight excluding hydrogens is 358 g/mol. The summed E-state index contributed by atoms with van der Waals surface area (Å²) in [6.45, 7) is 3.74. The fourth-order valence-corrected chi connectivity index (χ4v) is 3.32. The van der Waals surface area contributed by atoms with Crippen LogP contribution in [0.1, 0.15) is 22.0 Å². The zero-order valence-corrected chi connectivity index (χ0v) is 15.6. The Hall–Kier alpha value is -2.25. The van der Waals surface area contributed by atoms with Gasteiger partial charge < -0.3 is 0 Å². The minimum absolute atomic E-state index is 0.0956. The molecule has 8 heteroatoms. The fourth-order valence-electron chi connectivity index (χ4n) is 2.42. The summed E-state index contributed by atoms with van der Waals surface area (Å²) < 4.78 is 1.59. The summed E-state index contributed by atoms with van der Waals surface area (Å²) >= 11 is 7.49. The summed E-state index contributed by atoms with van der Waals surface area (Å²) in [5, 5.41) is 17.2. The van der Waals surface area contributed by atoms with Gasteiger partial charge in [0.15, 0.2) is 0 Å². The molecule has 0 unspecified atom stereocenters. The maximum Gasteiger partial charge on any atom is 0.247 e. The number of aromatic nitrogens is 4. The molecule has 2 heterocycles. The largest absolute Gasteiger partial charge is 0.299 e. The summed E-state index contributed by atoms with van der Waals surface area (Å²) in [5.41, 5.74) is 2.74. The van der Waals surface area contributed by atoms with Gasteiger partial charge in [-0.2, -0.15) is 5.10 Å². The van der Waals surface area contributed by atoms with E-state index in [-0.39, 0.29) is 12.5 Å². The topological polar surface area (TPSA) is 72.7 Å². The van der Waals surface area contributed by atoms with Gasteiger partial charge in [0.1, 0.15) is 11.6 Å². The maximum atomic E-state index is 12.2. The van der Waals surface area contributed by atoms with Gasteiger partial charge in [0.2, 0.25) is 11.0 Å². The Morgan fingerprint density at radius 3 is 2.64 bits per heavy atom. The molecule has 0 saturated heterocycles. The molecule has 0 bridgehead atoms. The van der Waals surface area contributed by atoms with Crippen molar-refractivity contribution < 1.29 is 4.79 Å². The van der Waals surface area contributed by atoms with Crippen molar-refractivity contribution in [1.82, 2.24) is 20.0 Å². The van der Waals surface area contributed by atoms with Crippen molar-refractivity contribution >= 4 is 34.0 Å². The van der Waals surface area contributed by atoms with E-state index in [4.69, 9.17) is 11.6 Å². The molecule has 1 N–H and O–H groups in total. The number of rotatable bonds is 6. The number of carbonyl (C=O) groups is 1. The zero-order chi connectivity index (χ0) is 17.8. The van der Waals surface area contributed by atoms with Crippen LogP contribution in [-0.2, 0) is 24.2 Å². The van der Waals surface area contributed by atoms with Gasteiger partial charge in [-0.05, 0) is 25.8 Å². The first-order valence-electron chi connectivity index (χ1n) is 7.88. The van der Waals surface area contributed by atoms with E-state index in [1.165, 1.54) is 16.9 Å². The highest BCUT2D eigenvalue weighted by molar-refractivity contribution is 7.15. The molecular formula is C17H18ClN5OS. The molecule has 2 aromatic heterocycles. The lowest BCUT2D eigenvalue weighted by Crippen LogP contribution is -2.20. The Balaban J connectivity index is 1.55. The van der Waals surface area contributed by atoms with Crippen LogP contribution in [0.2, 0.25) is 5.02 Å². The standard InChI is InChI=1S/C17H18ClN5OS/c1-11-16(18)12(2)23(22-11)10-14(24)19-17-21-20-15(25-17)9-8-13-6-4-3-5-7-13/h3-7H,8-10H2,1-2H3,(H,19,21,24). The number of benzene rings is 1. The summed E-state index contributed by atoms with van der Waals surface area (Å²) in [6, 6.07) is 10.2. The van der Waals surface area contributed by atoms with Crippen LogP contribution in [0.5, 0.6) is 0 Å². The van der Waals surface area contributed by atoms with Crippen molar-refractivity contribution in [2.45, 2.75) is 33.2 Å². The van der Waals surface area contributed by atoms with Gasteiger partial charge in [-0.1, -0.05) is 53.3 Å². The average molecular weight is 376 g/mol. The third kappa shape index (κ3) is 4.43. The van der Waals surface area contributed by atoms with E-state index in [0.717, 1.165) is 23.5 Å². The van der Waals surface area contributed by atoms with E-state index in [1.54, 1.807) is 4.68 Å². The molecule has 0 aliphatic carbocycles. The number of amides is 1. The molecule has 1 amide bonds. The number of nitrogens with zero attached hydrogens (tertiary/aromatic N) is 4. The maximum absolute atomic E-state index is 12.2. The van der Waals surface area contributed by atoms with Crippen molar-refractivity contribution in [1.29, 1.82) is 0 Å². The molecule has 0 atom stereocenters. The normalized spacial score (nSPS) is 10.8. The Morgan fingerprint density at radius 2 is 1.96 bits per heavy atom. The van der Waals surface area contributed by atoms with E-state index in [9.17, 15) is 4.79 Å². The van der Waals surface area contributed by atoms with Crippen LogP contribution in [0, 0.1) is 13.8 Å². The van der Waals surface area contributed by atoms with E-state index in [1.807, 2.05) is 32.0 Å². The SMILES string of the molecule is Cc1nn(CC(=O)Nc2nnc(CCc3ccccc3)s2)c(C)c1Cl. The third-order valence-corrected chi connectivity index (χ3v) is 5.22. The number of hydrogen-bond donors (Lipinski definition) is 1. The lowest BCUT2D eigenvalue weighted by molar-refractivity contribution is -0.116. The Kier molecular flexibility index (Phi) is 5.45. The highest BCUT2D eigenvalue weighted by Gasteiger charge is 2.14. The van der Waals surface area contributed by atoms with Gasteiger partial charge in [-0.15, -0.1) is 10.2 Å². The highest BCUT2D eigenvalue weighted by Crippen LogP contribution is 2.20.